The molecule has 10 heteroatoms. The number of benzene rings is 6. The predicted octanol–water partition coefficient (Wildman–Crippen LogP) is 7.34. The van der Waals surface area contributed by atoms with Crippen LogP contribution < -0.4 is 31.8 Å². The van der Waals surface area contributed by atoms with E-state index in [1.807, 2.05) is 121 Å². The van der Waals surface area contributed by atoms with Gasteiger partial charge in [-0.2, -0.15) is 12.6 Å². The molecular formula is C37H31F3O4P2S. The van der Waals surface area contributed by atoms with Crippen LogP contribution >= 0.6 is 14.4 Å². The summed E-state index contributed by atoms with van der Waals surface area (Å²) >= 11 is 0. The van der Waals surface area contributed by atoms with Gasteiger partial charge in [0.05, 0.1) is 0 Å². The summed E-state index contributed by atoms with van der Waals surface area (Å²) in [5.74, 6) is -0.902. The first-order chi connectivity index (χ1) is 22.6. The molecule has 0 aliphatic carbocycles. The van der Waals surface area contributed by atoms with Crippen LogP contribution in [0.1, 0.15) is 5.56 Å². The van der Waals surface area contributed by atoms with E-state index in [1.165, 1.54) is 48.5 Å². The van der Waals surface area contributed by atoms with E-state index < -0.39 is 30.2 Å². The second-order valence-electron chi connectivity index (χ2n) is 10.6. The molecule has 0 aromatic heterocycles. The molecule has 1 atom stereocenters. The Balaban J connectivity index is 0.000000189. The van der Waals surface area contributed by atoms with Crippen molar-refractivity contribution < 1.29 is 30.3 Å². The Kier molecular flexibility index (Phi) is 10.3. The first-order valence-corrected chi connectivity index (χ1v) is 19.8. The van der Waals surface area contributed by atoms with Gasteiger partial charge in [-0.05, 0) is 28.3 Å². The largest absolute Gasteiger partial charge is 0.302 e. The average Bonchev–Trinajstić information content (AvgIpc) is 3.13. The van der Waals surface area contributed by atoms with Crippen LogP contribution in [0.4, 0.5) is 12.9 Å². The Hall–Kier alpha value is -4.32. The molecule has 240 valence electrons. The third-order valence-corrected chi connectivity index (χ3v) is 15.7. The van der Waals surface area contributed by atoms with E-state index in [-0.39, 0.29) is 16.2 Å². The van der Waals surface area contributed by atoms with Crippen LogP contribution in [0.5, 0.6) is 0 Å². The molecule has 0 N–H and O–H groups in total. The van der Waals surface area contributed by atoms with Gasteiger partial charge in [-0.1, -0.05) is 40.8 Å². The molecule has 0 radical (unpaired) electrons. The second kappa shape index (κ2) is 14.2. The summed E-state index contributed by atoms with van der Waals surface area (Å²) in [6.07, 6.45) is 0. The molecule has 0 bridgehead atoms. The molecule has 6 aromatic carbocycles. The van der Waals surface area contributed by atoms with Crippen LogP contribution in [0.3, 0.4) is 0 Å². The Bertz CT molecular complexity index is 1900. The third kappa shape index (κ3) is 6.74. The summed E-state index contributed by atoms with van der Waals surface area (Å²) < 4.78 is 82.6. The summed E-state index contributed by atoms with van der Waals surface area (Å²) in [5.41, 5.74) is -0.107. The molecule has 0 aliphatic rings. The summed E-state index contributed by atoms with van der Waals surface area (Å²) in [6, 6.07) is 51.2. The van der Waals surface area contributed by atoms with Crippen LogP contribution in [0.25, 0.3) is 0 Å². The summed E-state index contributed by atoms with van der Waals surface area (Å²) in [6.45, 7) is -4.32. The minimum absolute atomic E-state index is 0.0592. The Labute approximate surface area is 273 Å². The quantitative estimate of drug-likeness (QED) is 0.149. The third-order valence-electron chi connectivity index (χ3n) is 7.78. The molecule has 0 saturated carbocycles. The molecule has 0 fully saturated rings. The van der Waals surface area contributed by atoms with Gasteiger partial charge in [0.2, 0.25) is 0 Å². The zero-order valence-electron chi connectivity index (χ0n) is 25.0. The van der Waals surface area contributed by atoms with Crippen molar-refractivity contribution in [3.05, 3.63) is 181 Å². The standard InChI is InChI=1S/C24H20FP.C13H11F2O4PS/c25-26(21-13-5-1-6-14-21,22-15-7-2-8-16-22,23-17-9-3-10-18-23)24-19-11-4-12-20-24;14-19-21(17,18)10-11-6-4-5-9-13(11)20(15,16)12-7-2-1-3-8-12/h1-20H;1-9H,10H2. The van der Waals surface area contributed by atoms with Crippen LogP contribution in [0.2, 0.25) is 0 Å². The Morgan fingerprint density at radius 3 is 1.21 bits per heavy atom. The van der Waals surface area contributed by atoms with Crippen molar-refractivity contribution in [2.75, 3.05) is 0 Å². The Morgan fingerprint density at radius 1 is 0.532 bits per heavy atom. The van der Waals surface area contributed by atoms with Gasteiger partial charge in [0.25, 0.3) is 7.45 Å². The van der Waals surface area contributed by atoms with Gasteiger partial charge in [-0.25, -0.2) is 0 Å². The van der Waals surface area contributed by atoms with Crippen molar-refractivity contribution in [1.82, 2.24) is 0 Å². The van der Waals surface area contributed by atoms with Crippen molar-refractivity contribution in [1.29, 1.82) is 0 Å². The minimum Gasteiger partial charge on any atom is -0.277 e. The van der Waals surface area contributed by atoms with Crippen LogP contribution in [-0.4, -0.2) is 8.42 Å². The molecule has 0 saturated heterocycles. The first kappa shape index (κ1) is 34.0. The number of hydrogen-bond donors (Lipinski definition) is 0. The van der Waals surface area contributed by atoms with E-state index in [2.05, 4.69) is 4.39 Å². The Morgan fingerprint density at radius 2 is 0.851 bits per heavy atom. The maximum Gasteiger partial charge on any atom is 0.302 e. The topological polar surface area (TPSA) is 60.4 Å². The molecule has 6 aromatic rings. The van der Waals surface area contributed by atoms with E-state index >= 15 is 4.20 Å². The van der Waals surface area contributed by atoms with Crippen molar-refractivity contribution in [3.8, 4) is 0 Å². The molecular weight excluding hydrogens is 659 g/mol. The van der Waals surface area contributed by atoms with Gasteiger partial charge in [0, 0.05) is 10.6 Å². The van der Waals surface area contributed by atoms with Crippen molar-refractivity contribution in [3.63, 3.8) is 0 Å². The first-order valence-electron chi connectivity index (χ1n) is 14.5. The molecule has 1 unspecified atom stereocenters. The second-order valence-corrected chi connectivity index (χ2v) is 18.3. The van der Waals surface area contributed by atoms with Crippen LogP contribution in [0.15, 0.2) is 176 Å². The maximum atomic E-state index is 18.2. The smallest absolute Gasteiger partial charge is 0.277 e. The van der Waals surface area contributed by atoms with Gasteiger partial charge in [0.15, 0.2) is 0 Å². The van der Waals surface area contributed by atoms with Crippen molar-refractivity contribution >= 4 is 56.3 Å². The zero-order chi connectivity index (χ0) is 33.4. The van der Waals surface area contributed by atoms with Gasteiger partial charge in [-0.15, -0.1) is 0 Å². The molecule has 0 spiro atoms. The average molecular weight is 691 g/mol. The maximum absolute atomic E-state index is 18.2. The van der Waals surface area contributed by atoms with Gasteiger partial charge >= 0.3 is 164 Å². The van der Waals surface area contributed by atoms with E-state index in [4.69, 9.17) is 0 Å². The fourth-order valence-corrected chi connectivity index (χ4v) is 12.7. The van der Waals surface area contributed by atoms with Gasteiger partial charge < -0.3 is 0 Å². The minimum atomic E-state index is -4.49. The van der Waals surface area contributed by atoms with E-state index in [1.54, 1.807) is 6.07 Å². The van der Waals surface area contributed by atoms with Crippen LogP contribution in [0, 0.1) is 0 Å². The zero-order valence-corrected chi connectivity index (χ0v) is 27.6. The van der Waals surface area contributed by atoms with E-state index in [0.29, 0.717) is 0 Å². The molecule has 4 nitrogen and oxygen atoms in total. The van der Waals surface area contributed by atoms with Gasteiger partial charge in [-0.3, -0.25) is 4.57 Å². The van der Waals surface area contributed by atoms with Gasteiger partial charge in [0.1, 0.15) is 5.75 Å². The number of hydrogen-bond acceptors (Lipinski definition) is 4. The monoisotopic (exact) mass is 690 g/mol. The summed E-state index contributed by atoms with van der Waals surface area (Å²) in [5, 5.41) is 2.56. The predicted molar refractivity (Wildman–Crippen MR) is 188 cm³/mol. The van der Waals surface area contributed by atoms with Crippen molar-refractivity contribution in [2.24, 2.45) is 0 Å². The number of rotatable bonds is 9. The SMILES string of the molecule is FP(c1ccccc1)(c1ccccc1)(c1ccccc1)c1ccccc1.O=P(F)(c1ccccc1)c1ccccc1CS(=O)(=O)OF. The van der Waals surface area contributed by atoms with E-state index in [0.717, 1.165) is 21.2 Å². The fraction of sp³-hybridized carbons (Fsp3) is 0.0270. The fourth-order valence-electron chi connectivity index (χ4n) is 5.61. The van der Waals surface area contributed by atoms with E-state index in [9.17, 15) is 21.7 Å². The molecule has 6 rings (SSSR count). The van der Waals surface area contributed by atoms with Crippen LogP contribution in [-0.2, 0) is 24.8 Å². The molecule has 0 aliphatic heterocycles. The van der Waals surface area contributed by atoms with Crippen molar-refractivity contribution in [2.45, 2.75) is 5.75 Å². The normalized spacial score (nSPS) is 13.6. The summed E-state index contributed by atoms with van der Waals surface area (Å²) in [7, 11) is -8.97. The number of halogens is 3. The molecule has 0 heterocycles. The summed E-state index contributed by atoms with van der Waals surface area (Å²) in [4.78, 5) is 0. The molecule has 47 heavy (non-hydrogen) atoms. The molecule has 0 amide bonds.